The van der Waals surface area contributed by atoms with Gasteiger partial charge in [-0.05, 0) is 26.0 Å². The van der Waals surface area contributed by atoms with E-state index in [9.17, 15) is 13.2 Å². The number of carboxylic acids is 1. The molecule has 122 valence electrons. The number of rotatable bonds is 3. The van der Waals surface area contributed by atoms with Crippen molar-refractivity contribution < 1.29 is 23.1 Å². The summed E-state index contributed by atoms with van der Waals surface area (Å²) >= 11 is 1.40. The summed E-state index contributed by atoms with van der Waals surface area (Å²) in [5, 5.41) is 9.09. The van der Waals surface area contributed by atoms with Crippen LogP contribution in [0.15, 0.2) is 23.2 Å². The smallest absolute Gasteiger partial charge is 0.337 e. The van der Waals surface area contributed by atoms with Gasteiger partial charge in [-0.1, -0.05) is 0 Å². The maximum Gasteiger partial charge on any atom is 0.337 e. The lowest BCUT2D eigenvalue weighted by atomic mass is 10.2. The Morgan fingerprint density at radius 1 is 1.39 bits per heavy atom. The van der Waals surface area contributed by atoms with Crippen LogP contribution in [-0.2, 0) is 10.0 Å². The lowest BCUT2D eigenvalue weighted by molar-refractivity contribution is 0.0696. The van der Waals surface area contributed by atoms with Gasteiger partial charge in [0.15, 0.2) is 0 Å². The number of hydrogen-bond donors (Lipinski definition) is 1. The molecule has 9 heteroatoms. The summed E-state index contributed by atoms with van der Waals surface area (Å²) in [5.74, 6) is -1.06. The summed E-state index contributed by atoms with van der Waals surface area (Å²) in [6.45, 7) is 3.86. The van der Waals surface area contributed by atoms with Gasteiger partial charge in [0.05, 0.1) is 12.1 Å². The Morgan fingerprint density at radius 3 is 2.74 bits per heavy atom. The number of nitrogens with zero attached hydrogens (tertiary/aromatic N) is 2. The number of ether oxygens (including phenoxy) is 1. The molecule has 2 aromatic rings. The van der Waals surface area contributed by atoms with E-state index in [2.05, 4.69) is 4.98 Å². The van der Waals surface area contributed by atoms with Gasteiger partial charge in [0.1, 0.15) is 17.2 Å². The van der Waals surface area contributed by atoms with E-state index >= 15 is 0 Å². The molecular formula is C14H14N2O5S2. The molecule has 0 aromatic carbocycles. The second-order valence-corrected chi connectivity index (χ2v) is 8.35. The van der Waals surface area contributed by atoms with Crippen molar-refractivity contribution in [1.29, 1.82) is 0 Å². The fraction of sp³-hybridized carbons (Fsp3) is 0.286. The molecule has 1 aliphatic rings. The first-order valence-corrected chi connectivity index (χ1v) is 9.02. The predicted octanol–water partition coefficient (Wildman–Crippen LogP) is 2.05. The van der Waals surface area contributed by atoms with Gasteiger partial charge in [-0.25, -0.2) is 18.2 Å². The molecular weight excluding hydrogens is 340 g/mol. The molecule has 1 aliphatic heterocycles. The molecule has 0 saturated heterocycles. The standard InChI is InChI=1S/C14H14N2O5S2/c1-8-5-12(9(2)22-8)23(19,20)16-3-4-21-13-11(16)6-10(7-15-13)14(17)18/h5-7H,3-4H2,1-2H3,(H,17,18). The fourth-order valence-corrected chi connectivity index (χ4v) is 5.39. The maximum atomic E-state index is 13.0. The number of aryl methyl sites for hydroxylation is 2. The lowest BCUT2D eigenvalue weighted by Crippen LogP contribution is -2.38. The maximum absolute atomic E-state index is 13.0. The Bertz CT molecular complexity index is 889. The number of thiophene rings is 1. The van der Waals surface area contributed by atoms with E-state index in [0.717, 1.165) is 11.1 Å². The highest BCUT2D eigenvalue weighted by Gasteiger charge is 2.33. The SMILES string of the molecule is Cc1cc(S(=O)(=O)N2CCOc3ncc(C(=O)O)cc32)c(C)s1. The zero-order valence-electron chi connectivity index (χ0n) is 12.4. The Morgan fingerprint density at radius 2 is 2.13 bits per heavy atom. The number of sulfonamides is 1. The van der Waals surface area contributed by atoms with E-state index < -0.39 is 16.0 Å². The quantitative estimate of drug-likeness (QED) is 0.906. The van der Waals surface area contributed by atoms with Crippen molar-refractivity contribution in [3.8, 4) is 5.88 Å². The first-order valence-electron chi connectivity index (χ1n) is 6.76. The highest BCUT2D eigenvalue weighted by Crippen LogP contribution is 2.36. The summed E-state index contributed by atoms with van der Waals surface area (Å²) in [5.41, 5.74) is 0.0621. The third-order valence-corrected chi connectivity index (χ3v) is 6.48. The molecule has 0 aliphatic carbocycles. The van der Waals surface area contributed by atoms with E-state index in [1.807, 2.05) is 6.92 Å². The molecule has 0 radical (unpaired) electrons. The third kappa shape index (κ3) is 2.66. The summed E-state index contributed by atoms with van der Waals surface area (Å²) in [6.07, 6.45) is 1.15. The zero-order valence-corrected chi connectivity index (χ0v) is 14.1. The van der Waals surface area contributed by atoms with Crippen molar-refractivity contribution in [2.24, 2.45) is 0 Å². The topological polar surface area (TPSA) is 96.8 Å². The van der Waals surface area contributed by atoms with Crippen LogP contribution in [-0.4, -0.2) is 37.6 Å². The molecule has 0 amide bonds. The number of anilines is 1. The number of pyridine rings is 1. The number of fused-ring (bicyclic) bond motifs is 1. The van der Waals surface area contributed by atoms with Crippen LogP contribution in [0.5, 0.6) is 5.88 Å². The van der Waals surface area contributed by atoms with Gasteiger partial charge in [0.2, 0.25) is 5.88 Å². The molecule has 3 rings (SSSR count). The van der Waals surface area contributed by atoms with Crippen LogP contribution in [0.25, 0.3) is 0 Å². The van der Waals surface area contributed by atoms with Crippen LogP contribution in [0.2, 0.25) is 0 Å². The molecule has 0 saturated carbocycles. The Labute approximate surface area is 137 Å². The normalized spacial score (nSPS) is 14.3. The minimum Gasteiger partial charge on any atom is -0.478 e. The van der Waals surface area contributed by atoms with Crippen molar-refractivity contribution in [1.82, 2.24) is 4.98 Å². The van der Waals surface area contributed by atoms with Crippen molar-refractivity contribution in [2.45, 2.75) is 18.7 Å². The number of aromatic carboxylic acids is 1. The first-order chi connectivity index (χ1) is 10.8. The molecule has 0 atom stereocenters. The number of carbonyl (C=O) groups is 1. The minimum absolute atomic E-state index is 0.0901. The van der Waals surface area contributed by atoms with Crippen molar-refractivity contribution in [3.63, 3.8) is 0 Å². The van der Waals surface area contributed by atoms with Gasteiger partial charge in [-0.3, -0.25) is 4.31 Å². The summed E-state index contributed by atoms with van der Waals surface area (Å²) in [7, 11) is -3.80. The molecule has 1 N–H and O–H groups in total. The molecule has 3 heterocycles. The van der Waals surface area contributed by atoms with Gasteiger partial charge in [0.25, 0.3) is 10.0 Å². The number of aromatic nitrogens is 1. The van der Waals surface area contributed by atoms with Crippen LogP contribution < -0.4 is 9.04 Å². The molecule has 23 heavy (non-hydrogen) atoms. The van der Waals surface area contributed by atoms with Gasteiger partial charge in [0, 0.05) is 16.0 Å². The predicted molar refractivity (Wildman–Crippen MR) is 85.0 cm³/mol. The van der Waals surface area contributed by atoms with Crippen LogP contribution in [0.3, 0.4) is 0 Å². The number of carboxylic acid groups (broad SMARTS) is 1. The molecule has 0 unspecified atom stereocenters. The Balaban J connectivity index is 2.14. The largest absolute Gasteiger partial charge is 0.478 e. The third-order valence-electron chi connectivity index (χ3n) is 3.44. The highest BCUT2D eigenvalue weighted by atomic mass is 32.2. The van der Waals surface area contributed by atoms with Gasteiger partial charge in [-0.2, -0.15) is 0 Å². The van der Waals surface area contributed by atoms with Crippen molar-refractivity contribution in [2.75, 3.05) is 17.5 Å². The molecule has 7 nitrogen and oxygen atoms in total. The molecule has 0 bridgehead atoms. The van der Waals surface area contributed by atoms with E-state index in [4.69, 9.17) is 9.84 Å². The second kappa shape index (κ2) is 5.50. The van der Waals surface area contributed by atoms with E-state index in [1.165, 1.54) is 21.7 Å². The van der Waals surface area contributed by atoms with E-state index in [1.54, 1.807) is 13.0 Å². The van der Waals surface area contributed by atoms with Crippen LogP contribution in [0.1, 0.15) is 20.1 Å². The van der Waals surface area contributed by atoms with Gasteiger partial charge >= 0.3 is 5.97 Å². The Hall–Kier alpha value is -2.13. The number of hydrogen-bond acceptors (Lipinski definition) is 6. The van der Waals surface area contributed by atoms with Crippen molar-refractivity contribution >= 4 is 33.0 Å². The molecule has 0 spiro atoms. The van der Waals surface area contributed by atoms with Crippen LogP contribution in [0, 0.1) is 13.8 Å². The first kappa shape index (κ1) is 15.8. The van der Waals surface area contributed by atoms with Gasteiger partial charge < -0.3 is 9.84 Å². The monoisotopic (exact) mass is 354 g/mol. The minimum atomic E-state index is -3.80. The van der Waals surface area contributed by atoms with Crippen LogP contribution in [0.4, 0.5) is 5.69 Å². The molecule has 0 fully saturated rings. The summed E-state index contributed by atoms with van der Waals surface area (Å²) in [6, 6.07) is 2.90. The second-order valence-electron chi connectivity index (χ2n) is 5.06. The molecule has 2 aromatic heterocycles. The fourth-order valence-electron chi connectivity index (χ4n) is 2.43. The average Bonchev–Trinajstić information content (AvgIpc) is 2.85. The zero-order chi connectivity index (χ0) is 16.8. The average molecular weight is 354 g/mol. The van der Waals surface area contributed by atoms with Crippen LogP contribution >= 0.6 is 11.3 Å². The summed E-state index contributed by atoms with van der Waals surface area (Å²) in [4.78, 5) is 16.9. The highest BCUT2D eigenvalue weighted by molar-refractivity contribution is 7.93. The lowest BCUT2D eigenvalue weighted by Gasteiger charge is -2.29. The van der Waals surface area contributed by atoms with E-state index in [-0.39, 0.29) is 35.2 Å². The van der Waals surface area contributed by atoms with Crippen molar-refractivity contribution in [3.05, 3.63) is 33.6 Å². The Kier molecular flexibility index (Phi) is 3.77. The summed E-state index contributed by atoms with van der Waals surface area (Å²) < 4.78 is 32.4. The van der Waals surface area contributed by atoms with Gasteiger partial charge in [-0.15, -0.1) is 11.3 Å². The van der Waals surface area contributed by atoms with E-state index in [0.29, 0.717) is 4.88 Å².